The maximum atomic E-state index is 12.6. The molecule has 0 spiro atoms. The van der Waals surface area contributed by atoms with Crippen LogP contribution in [0.15, 0.2) is 24.4 Å². The number of hydrogen-bond acceptors (Lipinski definition) is 6. The highest BCUT2D eigenvalue weighted by Gasteiger charge is 2.52. The van der Waals surface area contributed by atoms with Gasteiger partial charge in [0.05, 0.1) is 31.3 Å². The van der Waals surface area contributed by atoms with E-state index in [9.17, 15) is 18.0 Å². The largest absolute Gasteiger partial charge is 0.490 e. The number of carbonyl (C=O) groups is 2. The van der Waals surface area contributed by atoms with Crippen LogP contribution >= 0.6 is 0 Å². The molecule has 1 saturated carbocycles. The van der Waals surface area contributed by atoms with E-state index in [0.717, 1.165) is 19.4 Å². The van der Waals surface area contributed by atoms with Crippen LogP contribution < -0.4 is 4.74 Å². The van der Waals surface area contributed by atoms with Gasteiger partial charge in [0.25, 0.3) is 0 Å². The number of carboxylic acids is 1. The first kappa shape index (κ1) is 24.2. The van der Waals surface area contributed by atoms with E-state index in [1.807, 2.05) is 23.1 Å². The monoisotopic (exact) mass is 460 g/mol. The van der Waals surface area contributed by atoms with Crippen LogP contribution in [0.4, 0.5) is 13.2 Å². The fourth-order valence-electron chi connectivity index (χ4n) is 4.21. The van der Waals surface area contributed by atoms with Crippen LogP contribution in [0.2, 0.25) is 0 Å². The van der Waals surface area contributed by atoms with E-state index < -0.39 is 12.1 Å². The van der Waals surface area contributed by atoms with Gasteiger partial charge in [0.1, 0.15) is 6.61 Å². The topological polar surface area (TPSA) is 98.2 Å². The summed E-state index contributed by atoms with van der Waals surface area (Å²) in [5.74, 6) is -1.71. The molecule has 0 bridgehead atoms. The van der Waals surface area contributed by atoms with Gasteiger partial charge in [0.15, 0.2) is 0 Å². The Hall–Kier alpha value is -2.40. The van der Waals surface area contributed by atoms with Gasteiger partial charge in [-0.15, -0.1) is 0 Å². The molecule has 3 fully saturated rings. The van der Waals surface area contributed by atoms with Crippen molar-refractivity contribution < 1.29 is 42.1 Å². The number of amides is 1. The summed E-state index contributed by atoms with van der Waals surface area (Å²) in [7, 11) is 0. The van der Waals surface area contributed by atoms with E-state index in [1.54, 1.807) is 6.20 Å². The molecule has 3 heterocycles. The lowest BCUT2D eigenvalue weighted by molar-refractivity contribution is -0.192. The van der Waals surface area contributed by atoms with E-state index in [-0.39, 0.29) is 24.0 Å². The number of pyridine rings is 1. The maximum Gasteiger partial charge on any atom is 0.490 e. The SMILES string of the molecule is O=C(COC1CCCC1)N1C[C@@H]2COC[C@]2(COc2ccccn2)C1.O=C(O)C(F)(F)F. The fourth-order valence-corrected chi connectivity index (χ4v) is 4.21. The van der Waals surface area contributed by atoms with Crippen LogP contribution in [-0.4, -0.2) is 78.7 Å². The summed E-state index contributed by atoms with van der Waals surface area (Å²) in [4.78, 5) is 27.6. The second-order valence-corrected chi connectivity index (χ2v) is 8.33. The minimum absolute atomic E-state index is 0.0958. The van der Waals surface area contributed by atoms with E-state index in [0.29, 0.717) is 38.2 Å². The van der Waals surface area contributed by atoms with Crippen molar-refractivity contribution in [2.24, 2.45) is 11.3 Å². The van der Waals surface area contributed by atoms with Crippen LogP contribution in [0.1, 0.15) is 25.7 Å². The average molecular weight is 460 g/mol. The number of aromatic nitrogens is 1. The predicted molar refractivity (Wildman–Crippen MR) is 105 cm³/mol. The van der Waals surface area contributed by atoms with E-state index in [2.05, 4.69) is 4.98 Å². The Bertz CT molecular complexity index is 773. The number of carboxylic acid groups (broad SMARTS) is 1. The quantitative estimate of drug-likeness (QED) is 0.697. The molecule has 1 aromatic heterocycles. The number of hydrogen-bond donors (Lipinski definition) is 1. The lowest BCUT2D eigenvalue weighted by atomic mass is 9.82. The summed E-state index contributed by atoms with van der Waals surface area (Å²) in [5.41, 5.74) is -0.124. The van der Waals surface area contributed by atoms with Gasteiger partial charge in [-0.25, -0.2) is 9.78 Å². The Morgan fingerprint density at radius 1 is 1.28 bits per heavy atom. The average Bonchev–Trinajstić information content (AvgIpc) is 3.47. The van der Waals surface area contributed by atoms with E-state index in [1.165, 1.54) is 12.8 Å². The number of likely N-dealkylation sites (tertiary alicyclic amines) is 1. The first-order chi connectivity index (χ1) is 15.2. The molecule has 0 unspecified atom stereocenters. The van der Waals surface area contributed by atoms with Crippen molar-refractivity contribution in [3.05, 3.63) is 24.4 Å². The maximum absolute atomic E-state index is 12.6. The standard InChI is InChI=1S/C19H26N2O4.C2HF3O2/c22-18(11-24-16-5-1-2-6-16)21-9-15-10-23-13-19(15,12-21)14-25-17-7-3-4-8-20-17;3-2(4,5)1(6)7/h3-4,7-8,15-16H,1-2,5-6,9-14H2;(H,6,7)/t15-,19+;/m1./s1. The highest BCUT2D eigenvalue weighted by molar-refractivity contribution is 5.78. The first-order valence-electron chi connectivity index (χ1n) is 10.5. The van der Waals surface area contributed by atoms with Gasteiger partial charge in [-0.3, -0.25) is 4.79 Å². The van der Waals surface area contributed by atoms with E-state index >= 15 is 0 Å². The van der Waals surface area contributed by atoms with Gasteiger partial charge in [0, 0.05) is 31.3 Å². The zero-order chi connectivity index (χ0) is 23.2. The zero-order valence-corrected chi connectivity index (χ0v) is 17.6. The molecule has 0 aromatic carbocycles. The van der Waals surface area contributed by atoms with Gasteiger partial charge in [-0.2, -0.15) is 13.2 Å². The van der Waals surface area contributed by atoms with Crippen molar-refractivity contribution in [1.29, 1.82) is 0 Å². The Morgan fingerprint density at radius 2 is 2.00 bits per heavy atom. The predicted octanol–water partition coefficient (Wildman–Crippen LogP) is 2.53. The van der Waals surface area contributed by atoms with Crippen LogP contribution in [0.25, 0.3) is 0 Å². The summed E-state index contributed by atoms with van der Waals surface area (Å²) in [6.07, 6.45) is 1.53. The number of fused-ring (bicyclic) bond motifs is 1. The molecule has 178 valence electrons. The number of halogens is 3. The van der Waals surface area contributed by atoms with Crippen molar-refractivity contribution in [3.8, 4) is 5.88 Å². The Kier molecular flexibility index (Phi) is 7.94. The molecule has 2 atom stereocenters. The highest BCUT2D eigenvalue weighted by Crippen LogP contribution is 2.41. The summed E-state index contributed by atoms with van der Waals surface area (Å²) in [6.45, 7) is 3.48. The molecule has 32 heavy (non-hydrogen) atoms. The number of rotatable bonds is 6. The molecule has 0 radical (unpaired) electrons. The van der Waals surface area contributed by atoms with Crippen molar-refractivity contribution in [3.63, 3.8) is 0 Å². The second-order valence-electron chi connectivity index (χ2n) is 8.33. The van der Waals surface area contributed by atoms with Gasteiger partial charge in [-0.05, 0) is 18.9 Å². The zero-order valence-electron chi connectivity index (χ0n) is 17.6. The molecule has 11 heteroatoms. The van der Waals surface area contributed by atoms with Crippen LogP contribution in [0, 0.1) is 11.3 Å². The van der Waals surface area contributed by atoms with E-state index in [4.69, 9.17) is 24.1 Å². The molecular weight excluding hydrogens is 433 g/mol. The number of aliphatic carboxylic acids is 1. The lowest BCUT2D eigenvalue weighted by Crippen LogP contribution is -2.39. The summed E-state index contributed by atoms with van der Waals surface area (Å²) in [6, 6.07) is 5.63. The third kappa shape index (κ3) is 6.32. The minimum atomic E-state index is -5.08. The van der Waals surface area contributed by atoms with Crippen LogP contribution in [0.3, 0.4) is 0 Å². The number of alkyl halides is 3. The van der Waals surface area contributed by atoms with Crippen LogP contribution in [0.5, 0.6) is 5.88 Å². The molecule has 1 aromatic rings. The molecule has 8 nitrogen and oxygen atoms in total. The fraction of sp³-hybridized carbons (Fsp3) is 0.667. The summed E-state index contributed by atoms with van der Waals surface area (Å²) in [5, 5.41) is 7.12. The summed E-state index contributed by atoms with van der Waals surface area (Å²) < 4.78 is 49.1. The second kappa shape index (κ2) is 10.5. The first-order valence-corrected chi connectivity index (χ1v) is 10.5. The highest BCUT2D eigenvalue weighted by atomic mass is 19.4. The smallest absolute Gasteiger partial charge is 0.477 e. The van der Waals surface area contributed by atoms with Crippen LogP contribution in [-0.2, 0) is 19.1 Å². The van der Waals surface area contributed by atoms with Crippen molar-refractivity contribution in [2.75, 3.05) is 39.5 Å². The Labute approximate surface area is 183 Å². The Balaban J connectivity index is 0.000000360. The van der Waals surface area contributed by atoms with Crippen molar-refractivity contribution >= 4 is 11.9 Å². The minimum Gasteiger partial charge on any atom is -0.477 e. The van der Waals surface area contributed by atoms with Crippen molar-refractivity contribution in [2.45, 2.75) is 38.0 Å². The van der Waals surface area contributed by atoms with Gasteiger partial charge >= 0.3 is 12.1 Å². The number of nitrogens with zero attached hydrogens (tertiary/aromatic N) is 2. The third-order valence-electron chi connectivity index (χ3n) is 6.01. The molecule has 1 N–H and O–H groups in total. The number of ether oxygens (including phenoxy) is 3. The number of carbonyl (C=O) groups excluding carboxylic acids is 1. The van der Waals surface area contributed by atoms with Gasteiger partial charge in [0.2, 0.25) is 11.8 Å². The molecule has 1 aliphatic carbocycles. The van der Waals surface area contributed by atoms with Crippen molar-refractivity contribution in [1.82, 2.24) is 9.88 Å². The molecule has 3 aliphatic rings. The molecule has 4 rings (SSSR count). The normalized spacial score (nSPS) is 25.2. The van der Waals surface area contributed by atoms with Gasteiger partial charge < -0.3 is 24.2 Å². The third-order valence-corrected chi connectivity index (χ3v) is 6.01. The molecular formula is C21H27F3N2O6. The molecule has 1 amide bonds. The van der Waals surface area contributed by atoms with Gasteiger partial charge in [-0.1, -0.05) is 18.9 Å². The Morgan fingerprint density at radius 3 is 2.62 bits per heavy atom. The summed E-state index contributed by atoms with van der Waals surface area (Å²) >= 11 is 0. The molecule has 2 aliphatic heterocycles. The molecule has 2 saturated heterocycles. The lowest BCUT2D eigenvalue weighted by Gasteiger charge is -2.26.